The van der Waals surface area contributed by atoms with E-state index in [1.54, 1.807) is 0 Å². The zero-order valence-electron chi connectivity index (χ0n) is 19.7. The molecule has 0 radical (unpaired) electrons. The summed E-state index contributed by atoms with van der Waals surface area (Å²) in [6.07, 6.45) is 6.86. The molecule has 2 fully saturated rings. The van der Waals surface area contributed by atoms with E-state index < -0.39 is 0 Å². The number of hydrogen-bond donors (Lipinski definition) is 1. The predicted molar refractivity (Wildman–Crippen MR) is 135 cm³/mol. The zero-order chi connectivity index (χ0) is 23.3. The SMILES string of the molecule is Cc1ccc2ccccc2c1.O=CN1CCC(c2ccnc3nc(C4CCOCC4)[nH]c23)CC1. The molecule has 1 N–H and O–H groups in total. The largest absolute Gasteiger partial charge is 0.381 e. The summed E-state index contributed by atoms with van der Waals surface area (Å²) in [6, 6.07) is 17.0. The van der Waals surface area contributed by atoms with Gasteiger partial charge in [-0.25, -0.2) is 9.97 Å². The van der Waals surface area contributed by atoms with Crippen LogP contribution < -0.4 is 0 Å². The number of fused-ring (bicyclic) bond motifs is 2. The molecule has 2 aliphatic heterocycles. The van der Waals surface area contributed by atoms with Gasteiger partial charge in [-0.05, 0) is 60.9 Å². The molecule has 0 unspecified atom stereocenters. The highest BCUT2D eigenvalue weighted by Gasteiger charge is 2.24. The van der Waals surface area contributed by atoms with Crippen LogP contribution in [0, 0.1) is 6.92 Å². The van der Waals surface area contributed by atoms with Crippen LogP contribution in [0.25, 0.3) is 21.9 Å². The minimum atomic E-state index is 0.447. The molecule has 0 bridgehead atoms. The number of piperidine rings is 1. The van der Waals surface area contributed by atoms with E-state index in [1.807, 2.05) is 11.1 Å². The lowest BCUT2D eigenvalue weighted by Gasteiger charge is -2.29. The third-order valence-electron chi connectivity index (χ3n) is 7.07. The summed E-state index contributed by atoms with van der Waals surface area (Å²) in [4.78, 5) is 25.5. The van der Waals surface area contributed by atoms with Gasteiger partial charge in [-0.2, -0.15) is 0 Å². The fourth-order valence-corrected chi connectivity index (χ4v) is 5.08. The van der Waals surface area contributed by atoms with Gasteiger partial charge in [0, 0.05) is 38.4 Å². The maximum atomic E-state index is 10.9. The minimum Gasteiger partial charge on any atom is -0.381 e. The summed E-state index contributed by atoms with van der Waals surface area (Å²) in [5, 5.41) is 2.64. The first-order valence-electron chi connectivity index (χ1n) is 12.3. The van der Waals surface area contributed by atoms with Crippen LogP contribution in [0.1, 0.15) is 54.5 Å². The standard InChI is InChI=1S/C17H22N4O2.C11H10/c22-11-21-7-2-12(3-8-21)14-1-6-18-17-15(14)19-16(20-17)13-4-9-23-10-5-13;1-9-6-7-10-4-2-3-5-11(10)8-9/h1,6,11-13H,2-5,7-10H2,(H,18,19,20);2-8H,1H3. The molecule has 0 spiro atoms. The molecular weight excluding hydrogens is 424 g/mol. The zero-order valence-corrected chi connectivity index (χ0v) is 19.7. The normalized spacial score (nSPS) is 17.5. The van der Waals surface area contributed by atoms with E-state index in [-0.39, 0.29) is 0 Å². The van der Waals surface area contributed by atoms with Gasteiger partial charge in [0.05, 0.1) is 5.52 Å². The molecule has 6 rings (SSSR count). The molecule has 34 heavy (non-hydrogen) atoms. The molecule has 6 nitrogen and oxygen atoms in total. The van der Waals surface area contributed by atoms with Gasteiger partial charge < -0.3 is 14.6 Å². The quantitative estimate of drug-likeness (QED) is 0.423. The van der Waals surface area contributed by atoms with E-state index in [0.717, 1.165) is 75.4 Å². The summed E-state index contributed by atoms with van der Waals surface area (Å²) in [6.45, 7) is 5.41. The second-order valence-electron chi connectivity index (χ2n) is 9.37. The monoisotopic (exact) mass is 456 g/mol. The van der Waals surface area contributed by atoms with Crippen LogP contribution in [0.3, 0.4) is 0 Å². The molecule has 2 aromatic carbocycles. The van der Waals surface area contributed by atoms with Crippen molar-refractivity contribution in [1.29, 1.82) is 0 Å². The Balaban J connectivity index is 0.000000183. The van der Waals surface area contributed by atoms with Crippen molar-refractivity contribution in [3.05, 3.63) is 71.7 Å². The number of hydrogen-bond acceptors (Lipinski definition) is 4. The molecule has 0 saturated carbocycles. The number of likely N-dealkylation sites (tertiary alicyclic amines) is 1. The van der Waals surface area contributed by atoms with Crippen LogP contribution in [-0.2, 0) is 9.53 Å². The van der Waals surface area contributed by atoms with E-state index in [4.69, 9.17) is 9.72 Å². The van der Waals surface area contributed by atoms with Crippen molar-refractivity contribution in [2.75, 3.05) is 26.3 Å². The molecule has 0 aliphatic carbocycles. The minimum absolute atomic E-state index is 0.447. The van der Waals surface area contributed by atoms with Crippen molar-refractivity contribution < 1.29 is 9.53 Å². The van der Waals surface area contributed by atoms with Gasteiger partial charge in [0.25, 0.3) is 0 Å². The third-order valence-corrected chi connectivity index (χ3v) is 7.07. The van der Waals surface area contributed by atoms with E-state index in [9.17, 15) is 4.79 Å². The molecule has 1 amide bonds. The summed E-state index contributed by atoms with van der Waals surface area (Å²) >= 11 is 0. The van der Waals surface area contributed by atoms with E-state index in [2.05, 4.69) is 65.4 Å². The summed E-state index contributed by atoms with van der Waals surface area (Å²) in [7, 11) is 0. The second kappa shape index (κ2) is 10.3. The highest BCUT2D eigenvalue weighted by atomic mass is 16.5. The predicted octanol–water partition coefficient (Wildman–Crippen LogP) is 5.34. The van der Waals surface area contributed by atoms with Gasteiger partial charge >= 0.3 is 0 Å². The molecular formula is C28H32N4O2. The number of aromatic amines is 1. The summed E-state index contributed by atoms with van der Waals surface area (Å²) < 4.78 is 5.44. The number of amides is 1. The lowest BCUT2D eigenvalue weighted by Crippen LogP contribution is -2.31. The van der Waals surface area contributed by atoms with Gasteiger partial charge in [-0.3, -0.25) is 4.79 Å². The first-order chi connectivity index (χ1) is 16.7. The molecule has 0 atom stereocenters. The van der Waals surface area contributed by atoms with Crippen molar-refractivity contribution in [3.63, 3.8) is 0 Å². The number of carbonyl (C=O) groups is 1. The van der Waals surface area contributed by atoms with Crippen molar-refractivity contribution >= 4 is 28.3 Å². The van der Waals surface area contributed by atoms with Gasteiger partial charge in [-0.1, -0.05) is 48.0 Å². The van der Waals surface area contributed by atoms with Crippen LogP contribution >= 0.6 is 0 Å². The average molecular weight is 457 g/mol. The van der Waals surface area contributed by atoms with Crippen molar-refractivity contribution in [2.45, 2.75) is 44.4 Å². The summed E-state index contributed by atoms with van der Waals surface area (Å²) in [5.74, 6) is 1.97. The number of imidazole rings is 1. The number of rotatable bonds is 3. The smallest absolute Gasteiger partial charge is 0.209 e. The average Bonchev–Trinajstić information content (AvgIpc) is 3.34. The number of nitrogens with zero attached hydrogens (tertiary/aromatic N) is 3. The molecule has 2 aromatic heterocycles. The number of benzene rings is 2. The summed E-state index contributed by atoms with van der Waals surface area (Å²) in [5.41, 5.74) is 4.52. The highest BCUT2D eigenvalue weighted by molar-refractivity contribution is 5.82. The Morgan fingerprint density at radius 1 is 0.971 bits per heavy atom. The number of ether oxygens (including phenoxy) is 1. The molecule has 176 valence electrons. The third kappa shape index (κ3) is 4.97. The Labute approximate surface area is 200 Å². The Morgan fingerprint density at radius 3 is 2.50 bits per heavy atom. The molecule has 2 aliphatic rings. The Bertz CT molecular complexity index is 1250. The highest BCUT2D eigenvalue weighted by Crippen LogP contribution is 2.33. The van der Waals surface area contributed by atoms with Crippen LogP contribution in [0.15, 0.2) is 54.7 Å². The maximum Gasteiger partial charge on any atom is 0.209 e. The van der Waals surface area contributed by atoms with Crippen molar-refractivity contribution in [3.8, 4) is 0 Å². The maximum absolute atomic E-state index is 10.9. The van der Waals surface area contributed by atoms with Crippen LogP contribution in [0.5, 0.6) is 0 Å². The molecule has 2 saturated heterocycles. The Morgan fingerprint density at radius 2 is 1.74 bits per heavy atom. The van der Waals surface area contributed by atoms with E-state index in [0.29, 0.717) is 11.8 Å². The van der Waals surface area contributed by atoms with E-state index >= 15 is 0 Å². The lowest BCUT2D eigenvalue weighted by atomic mass is 9.89. The fraction of sp³-hybridized carbons (Fsp3) is 0.393. The van der Waals surface area contributed by atoms with Gasteiger partial charge in [0.15, 0.2) is 5.65 Å². The molecule has 4 aromatic rings. The van der Waals surface area contributed by atoms with Crippen LogP contribution in [0.4, 0.5) is 0 Å². The van der Waals surface area contributed by atoms with Crippen molar-refractivity contribution in [2.24, 2.45) is 0 Å². The Hall–Kier alpha value is -3.25. The topological polar surface area (TPSA) is 71.1 Å². The van der Waals surface area contributed by atoms with Gasteiger partial charge in [0.1, 0.15) is 5.82 Å². The number of H-pyrrole nitrogens is 1. The van der Waals surface area contributed by atoms with Crippen LogP contribution in [0.2, 0.25) is 0 Å². The Kier molecular flexibility index (Phi) is 6.86. The van der Waals surface area contributed by atoms with Crippen molar-refractivity contribution in [1.82, 2.24) is 19.9 Å². The second-order valence-corrected chi connectivity index (χ2v) is 9.37. The molecule has 4 heterocycles. The molecule has 6 heteroatoms. The first kappa shape index (κ1) is 22.5. The number of aryl methyl sites for hydroxylation is 1. The lowest BCUT2D eigenvalue weighted by molar-refractivity contribution is -0.119. The number of aromatic nitrogens is 3. The number of nitrogens with one attached hydrogen (secondary N) is 1. The fourth-order valence-electron chi connectivity index (χ4n) is 5.08. The van der Waals surface area contributed by atoms with E-state index in [1.165, 1.54) is 21.9 Å². The van der Waals surface area contributed by atoms with Crippen LogP contribution in [-0.4, -0.2) is 52.6 Å². The number of carbonyl (C=O) groups excluding carboxylic acids is 1. The first-order valence-corrected chi connectivity index (χ1v) is 12.3. The number of pyridine rings is 1. The van der Waals surface area contributed by atoms with Gasteiger partial charge in [0.2, 0.25) is 6.41 Å². The van der Waals surface area contributed by atoms with Gasteiger partial charge in [-0.15, -0.1) is 0 Å².